The number of aliphatic imine (C=N–C) groups is 1. The molecule has 0 spiro atoms. The second kappa shape index (κ2) is 11.8. The van der Waals surface area contributed by atoms with Crippen LogP contribution in [0.4, 0.5) is 0 Å². The van der Waals surface area contributed by atoms with Gasteiger partial charge in [-0.2, -0.15) is 0 Å². The summed E-state index contributed by atoms with van der Waals surface area (Å²) in [5.41, 5.74) is 0. The predicted molar refractivity (Wildman–Crippen MR) is 126 cm³/mol. The third-order valence-electron chi connectivity index (χ3n) is 5.15. The van der Waals surface area contributed by atoms with E-state index in [9.17, 15) is 8.42 Å². The van der Waals surface area contributed by atoms with Crippen LogP contribution >= 0.6 is 24.0 Å². The maximum Gasteiger partial charge on any atom is 0.193 e. The normalized spacial score (nSPS) is 20.2. The van der Waals surface area contributed by atoms with Gasteiger partial charge in [-0.1, -0.05) is 19.8 Å². The average molecular weight is 523 g/mol. The molecule has 0 atom stereocenters. The minimum atomic E-state index is -3.17. The van der Waals surface area contributed by atoms with Crippen molar-refractivity contribution in [2.24, 2.45) is 16.8 Å². The van der Waals surface area contributed by atoms with E-state index in [1.165, 1.54) is 31.9 Å². The van der Waals surface area contributed by atoms with Gasteiger partial charge in [-0.05, 0) is 48.9 Å². The molecule has 0 unspecified atom stereocenters. The second-order valence-corrected chi connectivity index (χ2v) is 9.59. The minimum Gasteiger partial charge on any atom is -0.492 e. The van der Waals surface area contributed by atoms with Gasteiger partial charge in [-0.25, -0.2) is 8.42 Å². The smallest absolute Gasteiger partial charge is 0.193 e. The first-order valence-electron chi connectivity index (χ1n) is 9.64. The Morgan fingerprint density at radius 3 is 2.36 bits per heavy atom. The zero-order valence-corrected chi connectivity index (χ0v) is 20.5. The van der Waals surface area contributed by atoms with Crippen molar-refractivity contribution in [3.63, 3.8) is 0 Å². The summed E-state index contributed by atoms with van der Waals surface area (Å²) in [6, 6.07) is 6.49. The van der Waals surface area contributed by atoms with Crippen LogP contribution in [0.2, 0.25) is 0 Å². The summed E-state index contributed by atoms with van der Waals surface area (Å²) in [6.45, 7) is 4.48. The molecule has 0 bridgehead atoms. The minimum absolute atomic E-state index is 0. The van der Waals surface area contributed by atoms with Gasteiger partial charge in [-0.15, -0.1) is 24.0 Å². The molecule has 8 heteroatoms. The number of nitrogens with one attached hydrogen (secondary N) is 1. The van der Waals surface area contributed by atoms with Gasteiger partial charge in [0.05, 0.1) is 11.4 Å². The van der Waals surface area contributed by atoms with Crippen LogP contribution in [0.25, 0.3) is 0 Å². The zero-order valence-electron chi connectivity index (χ0n) is 17.3. The maximum atomic E-state index is 11.5. The number of sulfone groups is 1. The fraction of sp³-hybridized carbons (Fsp3) is 0.650. The molecule has 6 nitrogen and oxygen atoms in total. The van der Waals surface area contributed by atoms with E-state index in [0.717, 1.165) is 24.3 Å². The van der Waals surface area contributed by atoms with Crippen LogP contribution in [0.15, 0.2) is 34.2 Å². The van der Waals surface area contributed by atoms with Crippen LogP contribution in [0, 0.1) is 11.8 Å². The molecular weight excluding hydrogens is 489 g/mol. The highest BCUT2D eigenvalue weighted by atomic mass is 127. The molecule has 160 valence electrons. The summed E-state index contributed by atoms with van der Waals surface area (Å²) in [5.74, 6) is 3.15. The van der Waals surface area contributed by atoms with E-state index in [-0.39, 0.29) is 24.0 Å². The summed E-state index contributed by atoms with van der Waals surface area (Å²) in [7, 11) is 0.706. The SMILES string of the molecule is CN=C(NCCOc1ccc(S(C)(=O)=O)cc1)N(C)CC1CCC(C)CC1.I. The van der Waals surface area contributed by atoms with E-state index in [1.807, 2.05) is 0 Å². The number of rotatable bonds is 7. The van der Waals surface area contributed by atoms with Crippen molar-refractivity contribution < 1.29 is 13.2 Å². The van der Waals surface area contributed by atoms with Crippen molar-refractivity contribution in [1.29, 1.82) is 0 Å². The summed E-state index contributed by atoms with van der Waals surface area (Å²) in [5, 5.41) is 3.33. The molecule has 28 heavy (non-hydrogen) atoms. The molecule has 1 N–H and O–H groups in total. The number of guanidine groups is 1. The first-order chi connectivity index (χ1) is 12.8. The fourth-order valence-corrected chi connectivity index (χ4v) is 4.12. The largest absolute Gasteiger partial charge is 0.492 e. The molecule has 1 aliphatic carbocycles. The van der Waals surface area contributed by atoms with Crippen LogP contribution in [0.1, 0.15) is 32.6 Å². The van der Waals surface area contributed by atoms with E-state index in [4.69, 9.17) is 4.74 Å². The van der Waals surface area contributed by atoms with Gasteiger partial charge in [0.1, 0.15) is 12.4 Å². The van der Waals surface area contributed by atoms with E-state index in [0.29, 0.717) is 23.8 Å². The first-order valence-corrected chi connectivity index (χ1v) is 11.5. The van der Waals surface area contributed by atoms with Crippen LogP contribution < -0.4 is 10.1 Å². The molecule has 1 fully saturated rings. The standard InChI is InChI=1S/C20H33N3O3S.HI/c1-16-5-7-17(8-6-16)15-23(3)20(21-2)22-13-14-26-18-9-11-19(12-10-18)27(4,24)25;/h9-12,16-17H,5-8,13-15H2,1-4H3,(H,21,22);1H. The van der Waals surface area contributed by atoms with Gasteiger partial charge < -0.3 is 15.0 Å². The molecule has 0 radical (unpaired) electrons. The van der Waals surface area contributed by atoms with E-state index in [2.05, 4.69) is 29.2 Å². The number of ether oxygens (including phenoxy) is 1. The summed E-state index contributed by atoms with van der Waals surface area (Å²) in [6.07, 6.45) is 6.46. The number of nitrogens with zero attached hydrogens (tertiary/aromatic N) is 2. The van der Waals surface area contributed by atoms with Crippen molar-refractivity contribution >= 4 is 39.8 Å². The molecule has 0 saturated heterocycles. The second-order valence-electron chi connectivity index (χ2n) is 7.57. The van der Waals surface area contributed by atoms with Crippen molar-refractivity contribution in [2.45, 2.75) is 37.5 Å². The Morgan fingerprint density at radius 1 is 1.21 bits per heavy atom. The molecule has 0 amide bonds. The molecule has 1 aromatic carbocycles. The molecule has 1 saturated carbocycles. The van der Waals surface area contributed by atoms with E-state index in [1.54, 1.807) is 31.3 Å². The lowest BCUT2D eigenvalue weighted by Gasteiger charge is -2.31. The molecule has 1 aromatic rings. The monoisotopic (exact) mass is 523 g/mol. The zero-order chi connectivity index (χ0) is 19.9. The van der Waals surface area contributed by atoms with Gasteiger partial charge in [0.25, 0.3) is 0 Å². The van der Waals surface area contributed by atoms with E-state index < -0.39 is 9.84 Å². The Bertz CT molecular complexity index is 715. The van der Waals surface area contributed by atoms with Crippen LogP contribution in [-0.4, -0.2) is 59.3 Å². The van der Waals surface area contributed by atoms with E-state index >= 15 is 0 Å². The van der Waals surface area contributed by atoms with Gasteiger partial charge in [-0.3, -0.25) is 4.99 Å². The lowest BCUT2D eigenvalue weighted by Crippen LogP contribution is -2.43. The highest BCUT2D eigenvalue weighted by Crippen LogP contribution is 2.28. The fourth-order valence-electron chi connectivity index (χ4n) is 3.48. The molecular formula is C20H34IN3O3S. The molecule has 0 aliphatic heterocycles. The summed E-state index contributed by atoms with van der Waals surface area (Å²) < 4.78 is 28.6. The lowest BCUT2D eigenvalue weighted by molar-refractivity contribution is 0.249. The molecule has 0 aromatic heterocycles. The van der Waals surface area contributed by atoms with Gasteiger partial charge in [0, 0.05) is 26.9 Å². The third-order valence-corrected chi connectivity index (χ3v) is 6.28. The highest BCUT2D eigenvalue weighted by molar-refractivity contribution is 14.0. The van der Waals surface area contributed by atoms with Gasteiger partial charge in [0.15, 0.2) is 15.8 Å². The lowest BCUT2D eigenvalue weighted by atomic mass is 9.83. The van der Waals surface area contributed by atoms with Gasteiger partial charge in [0.2, 0.25) is 0 Å². The first kappa shape index (κ1) is 25.0. The molecule has 0 heterocycles. The Kier molecular flexibility index (Phi) is 10.6. The average Bonchev–Trinajstić information content (AvgIpc) is 2.63. The Hall–Kier alpha value is -1.03. The number of benzene rings is 1. The number of halogens is 1. The molecule has 2 rings (SSSR count). The number of hydrogen-bond acceptors (Lipinski definition) is 4. The third kappa shape index (κ3) is 8.14. The Labute approximate surface area is 187 Å². The quantitative estimate of drug-likeness (QED) is 0.257. The topological polar surface area (TPSA) is 71.0 Å². The van der Waals surface area contributed by atoms with Crippen LogP contribution in [0.3, 0.4) is 0 Å². The van der Waals surface area contributed by atoms with Crippen LogP contribution in [0.5, 0.6) is 5.75 Å². The Morgan fingerprint density at radius 2 is 1.82 bits per heavy atom. The Balaban J connectivity index is 0.00000392. The summed E-state index contributed by atoms with van der Waals surface area (Å²) >= 11 is 0. The van der Waals surface area contributed by atoms with Crippen LogP contribution in [-0.2, 0) is 9.84 Å². The van der Waals surface area contributed by atoms with Crippen molar-refractivity contribution in [2.75, 3.05) is 40.0 Å². The van der Waals surface area contributed by atoms with Gasteiger partial charge >= 0.3 is 0 Å². The van der Waals surface area contributed by atoms with Crippen molar-refractivity contribution in [1.82, 2.24) is 10.2 Å². The number of hydrogen-bond donors (Lipinski definition) is 1. The predicted octanol–water partition coefficient (Wildman–Crippen LogP) is 3.42. The highest BCUT2D eigenvalue weighted by Gasteiger charge is 2.20. The van der Waals surface area contributed by atoms with Crippen molar-refractivity contribution in [3.8, 4) is 5.75 Å². The maximum absolute atomic E-state index is 11.5. The summed E-state index contributed by atoms with van der Waals surface area (Å²) in [4.78, 5) is 6.86. The molecule has 1 aliphatic rings. The van der Waals surface area contributed by atoms with Crippen molar-refractivity contribution in [3.05, 3.63) is 24.3 Å².